The van der Waals surface area contributed by atoms with E-state index >= 15 is 0 Å². The molecule has 1 aliphatic rings. The molecule has 1 aromatic rings. The van der Waals surface area contributed by atoms with Crippen LogP contribution in [0.15, 0.2) is 24.3 Å². The van der Waals surface area contributed by atoms with Crippen LogP contribution >= 0.6 is 0 Å². The topological polar surface area (TPSA) is 32.3 Å². The van der Waals surface area contributed by atoms with Crippen molar-refractivity contribution in [1.29, 1.82) is 0 Å². The Hall–Kier alpha value is -0.930. The third kappa shape index (κ3) is 3.30. The first kappa shape index (κ1) is 13.5. The van der Waals surface area contributed by atoms with Crippen molar-refractivity contribution in [3.05, 3.63) is 35.6 Å². The van der Waals surface area contributed by atoms with Gasteiger partial charge in [-0.25, -0.2) is 4.39 Å². The van der Waals surface area contributed by atoms with Gasteiger partial charge in [-0.15, -0.1) is 0 Å². The summed E-state index contributed by atoms with van der Waals surface area (Å²) in [7, 11) is 0. The van der Waals surface area contributed by atoms with Crippen LogP contribution in [-0.2, 0) is 6.54 Å². The highest BCUT2D eigenvalue weighted by Gasteiger charge is 2.33. The molecule has 0 radical (unpaired) electrons. The summed E-state index contributed by atoms with van der Waals surface area (Å²) < 4.78 is 12.8. The molecule has 0 bridgehead atoms. The third-order valence-corrected chi connectivity index (χ3v) is 3.97. The summed E-state index contributed by atoms with van der Waals surface area (Å²) in [6.07, 6.45) is 4.46. The van der Waals surface area contributed by atoms with Gasteiger partial charge >= 0.3 is 0 Å². The number of halogens is 1. The van der Waals surface area contributed by atoms with Gasteiger partial charge in [0.05, 0.1) is 6.61 Å². The monoisotopic (exact) mass is 251 g/mol. The van der Waals surface area contributed by atoms with Crippen LogP contribution in [0.3, 0.4) is 0 Å². The largest absolute Gasteiger partial charge is 0.394 e. The summed E-state index contributed by atoms with van der Waals surface area (Å²) in [4.78, 5) is 0. The summed E-state index contributed by atoms with van der Waals surface area (Å²) >= 11 is 0. The minimum atomic E-state index is -0.207. The number of aliphatic hydroxyl groups excluding tert-OH is 1. The quantitative estimate of drug-likeness (QED) is 0.862. The molecule has 0 saturated heterocycles. The van der Waals surface area contributed by atoms with Crippen LogP contribution in [0.4, 0.5) is 4.39 Å². The lowest BCUT2D eigenvalue weighted by atomic mass is 9.77. The molecule has 100 valence electrons. The van der Waals surface area contributed by atoms with E-state index in [1.54, 1.807) is 12.1 Å². The molecule has 2 rings (SSSR count). The minimum absolute atomic E-state index is 0.147. The fourth-order valence-corrected chi connectivity index (χ4v) is 2.91. The zero-order valence-corrected chi connectivity index (χ0v) is 11.0. The van der Waals surface area contributed by atoms with Gasteiger partial charge in [0.15, 0.2) is 0 Å². The Bertz CT molecular complexity index is 379. The van der Waals surface area contributed by atoms with Crippen LogP contribution in [0.25, 0.3) is 0 Å². The molecule has 2 nitrogen and oxygen atoms in total. The molecule has 3 heteroatoms. The predicted octanol–water partition coefficient (Wildman–Crippen LogP) is 2.86. The number of hydrogen-bond acceptors (Lipinski definition) is 2. The summed E-state index contributed by atoms with van der Waals surface area (Å²) in [5.41, 5.74) is 0.911. The zero-order valence-electron chi connectivity index (χ0n) is 11.0. The van der Waals surface area contributed by atoms with Gasteiger partial charge in [-0.1, -0.05) is 31.9 Å². The maximum absolute atomic E-state index is 12.8. The Morgan fingerprint density at radius 2 is 2.11 bits per heavy atom. The molecule has 2 N–H and O–H groups in total. The van der Waals surface area contributed by atoms with Crippen LogP contribution in [-0.4, -0.2) is 17.3 Å². The molecule has 2 unspecified atom stereocenters. The first-order valence-corrected chi connectivity index (χ1v) is 6.74. The van der Waals surface area contributed by atoms with Crippen molar-refractivity contribution in [3.63, 3.8) is 0 Å². The van der Waals surface area contributed by atoms with E-state index in [1.165, 1.54) is 18.6 Å². The molecule has 0 spiro atoms. The normalized spacial score (nSPS) is 28.3. The number of benzene rings is 1. The minimum Gasteiger partial charge on any atom is -0.394 e. The Labute approximate surface area is 108 Å². The van der Waals surface area contributed by atoms with Crippen molar-refractivity contribution in [2.75, 3.05) is 6.61 Å². The SMILES string of the molecule is CC1CCCC(CO)(NCc2ccc(F)cc2)C1. The van der Waals surface area contributed by atoms with Gasteiger partial charge in [0.2, 0.25) is 0 Å². The lowest BCUT2D eigenvalue weighted by molar-refractivity contribution is 0.0982. The average Bonchev–Trinajstić information content (AvgIpc) is 2.38. The Balaban J connectivity index is 1.96. The van der Waals surface area contributed by atoms with Crippen LogP contribution in [0.5, 0.6) is 0 Å². The Kier molecular flexibility index (Phi) is 4.36. The van der Waals surface area contributed by atoms with Crippen LogP contribution < -0.4 is 5.32 Å². The van der Waals surface area contributed by atoms with E-state index in [4.69, 9.17) is 0 Å². The molecule has 0 heterocycles. The highest BCUT2D eigenvalue weighted by atomic mass is 19.1. The summed E-state index contributed by atoms with van der Waals surface area (Å²) in [5, 5.41) is 13.1. The van der Waals surface area contributed by atoms with E-state index < -0.39 is 0 Å². The van der Waals surface area contributed by atoms with Gasteiger partial charge in [-0.3, -0.25) is 0 Å². The molecule has 1 saturated carbocycles. The van der Waals surface area contributed by atoms with Gasteiger partial charge in [-0.2, -0.15) is 0 Å². The van der Waals surface area contributed by atoms with E-state index in [1.807, 2.05) is 0 Å². The summed E-state index contributed by atoms with van der Waals surface area (Å²) in [5.74, 6) is 0.452. The maximum atomic E-state index is 12.8. The number of hydrogen-bond donors (Lipinski definition) is 2. The van der Waals surface area contributed by atoms with E-state index in [2.05, 4.69) is 12.2 Å². The number of aliphatic hydroxyl groups is 1. The van der Waals surface area contributed by atoms with Gasteiger partial charge in [-0.05, 0) is 36.5 Å². The summed E-state index contributed by atoms with van der Waals surface area (Å²) in [6, 6.07) is 6.54. The fraction of sp³-hybridized carbons (Fsp3) is 0.600. The predicted molar refractivity (Wildman–Crippen MR) is 70.7 cm³/mol. The van der Waals surface area contributed by atoms with Gasteiger partial charge in [0.25, 0.3) is 0 Å². The molecule has 0 amide bonds. The Morgan fingerprint density at radius 3 is 2.72 bits per heavy atom. The molecular weight excluding hydrogens is 229 g/mol. The van der Waals surface area contributed by atoms with Gasteiger partial charge in [0.1, 0.15) is 5.82 Å². The molecule has 0 aliphatic heterocycles. The molecule has 2 atom stereocenters. The second-order valence-electron chi connectivity index (χ2n) is 5.62. The lowest BCUT2D eigenvalue weighted by Crippen LogP contribution is -2.51. The molecule has 0 aromatic heterocycles. The lowest BCUT2D eigenvalue weighted by Gasteiger charge is -2.39. The highest BCUT2D eigenvalue weighted by molar-refractivity contribution is 5.16. The maximum Gasteiger partial charge on any atom is 0.123 e. The van der Waals surface area contributed by atoms with E-state index in [9.17, 15) is 9.50 Å². The van der Waals surface area contributed by atoms with E-state index in [0.717, 1.165) is 24.8 Å². The molecule has 1 aliphatic carbocycles. The van der Waals surface area contributed by atoms with Crippen molar-refractivity contribution in [2.45, 2.75) is 44.7 Å². The highest BCUT2D eigenvalue weighted by Crippen LogP contribution is 2.32. The second kappa shape index (κ2) is 5.81. The molecule has 1 fully saturated rings. The molecular formula is C15H22FNO. The van der Waals surface area contributed by atoms with Crippen molar-refractivity contribution < 1.29 is 9.50 Å². The average molecular weight is 251 g/mol. The third-order valence-electron chi connectivity index (χ3n) is 3.97. The molecule has 1 aromatic carbocycles. The first-order valence-electron chi connectivity index (χ1n) is 6.74. The van der Waals surface area contributed by atoms with E-state index in [0.29, 0.717) is 12.5 Å². The van der Waals surface area contributed by atoms with E-state index in [-0.39, 0.29) is 18.0 Å². The second-order valence-corrected chi connectivity index (χ2v) is 5.62. The van der Waals surface area contributed by atoms with Gasteiger partial charge < -0.3 is 10.4 Å². The molecule has 18 heavy (non-hydrogen) atoms. The summed E-state index contributed by atoms with van der Waals surface area (Å²) in [6.45, 7) is 3.11. The van der Waals surface area contributed by atoms with Crippen LogP contribution in [0.2, 0.25) is 0 Å². The number of nitrogens with one attached hydrogen (secondary N) is 1. The van der Waals surface area contributed by atoms with Gasteiger partial charge in [0, 0.05) is 12.1 Å². The first-order chi connectivity index (χ1) is 8.63. The fourth-order valence-electron chi connectivity index (χ4n) is 2.91. The van der Waals surface area contributed by atoms with Crippen molar-refractivity contribution in [3.8, 4) is 0 Å². The van der Waals surface area contributed by atoms with Crippen LogP contribution in [0, 0.1) is 11.7 Å². The van der Waals surface area contributed by atoms with Crippen molar-refractivity contribution >= 4 is 0 Å². The Morgan fingerprint density at radius 1 is 1.39 bits per heavy atom. The van der Waals surface area contributed by atoms with Crippen molar-refractivity contribution in [1.82, 2.24) is 5.32 Å². The zero-order chi connectivity index (χ0) is 13.0. The number of rotatable bonds is 4. The van der Waals surface area contributed by atoms with Crippen LogP contribution in [0.1, 0.15) is 38.2 Å². The smallest absolute Gasteiger partial charge is 0.123 e. The standard InChI is InChI=1S/C15H22FNO/c1-12-3-2-8-15(9-12,11-18)17-10-13-4-6-14(16)7-5-13/h4-7,12,17-18H,2-3,8-11H2,1H3. The van der Waals surface area contributed by atoms with Crippen molar-refractivity contribution in [2.24, 2.45) is 5.92 Å².